The third kappa shape index (κ3) is 4.69. The summed E-state index contributed by atoms with van der Waals surface area (Å²) in [6.45, 7) is 2.27. The molecule has 0 aliphatic heterocycles. The number of aliphatic hydroxyl groups is 1. The fraction of sp³-hybridized carbons (Fsp3) is 0.200. The number of rotatable bonds is 8. The highest BCUT2D eigenvalue weighted by Gasteiger charge is 2.15. The van der Waals surface area contributed by atoms with Crippen molar-refractivity contribution < 1.29 is 5.11 Å². The summed E-state index contributed by atoms with van der Waals surface area (Å²) in [5.41, 5.74) is 4.81. The molecule has 0 spiro atoms. The minimum atomic E-state index is -0.424. The van der Waals surface area contributed by atoms with Crippen molar-refractivity contribution in [2.45, 2.75) is 25.6 Å². The van der Waals surface area contributed by atoms with Crippen LogP contribution in [0.3, 0.4) is 0 Å². The van der Waals surface area contributed by atoms with Gasteiger partial charge < -0.3 is 10.1 Å². The molecule has 2 N–H and O–H groups in total. The van der Waals surface area contributed by atoms with Gasteiger partial charge in [0.15, 0.2) is 0 Å². The molecule has 0 fully saturated rings. The number of para-hydroxylation sites is 1. The van der Waals surface area contributed by atoms with E-state index in [9.17, 15) is 5.11 Å². The predicted octanol–water partition coefficient (Wildman–Crippen LogP) is 4.77. The maximum Gasteiger partial charge on any atom is 0.0708 e. The normalized spacial score (nSPS) is 12.5. The van der Waals surface area contributed by atoms with E-state index in [2.05, 4.69) is 70.5 Å². The summed E-state index contributed by atoms with van der Waals surface area (Å²) in [5, 5.41) is 12.0. The number of benzene rings is 3. The topological polar surface area (TPSA) is 39.3 Å². The molecule has 0 amide bonds. The van der Waals surface area contributed by atoms with Crippen LogP contribution in [0.1, 0.15) is 16.7 Å². The monoisotopic (exact) mass is 370 g/mol. The van der Waals surface area contributed by atoms with E-state index in [4.69, 9.17) is 0 Å². The number of H-pyrrole nitrogens is 1. The Morgan fingerprint density at radius 3 is 1.96 bits per heavy atom. The van der Waals surface area contributed by atoms with E-state index in [1.165, 1.54) is 22.1 Å². The Morgan fingerprint density at radius 2 is 1.32 bits per heavy atom. The summed E-state index contributed by atoms with van der Waals surface area (Å²) in [4.78, 5) is 5.63. The third-order valence-electron chi connectivity index (χ3n) is 5.10. The molecule has 142 valence electrons. The van der Waals surface area contributed by atoms with Crippen molar-refractivity contribution in [1.29, 1.82) is 0 Å². The summed E-state index contributed by atoms with van der Waals surface area (Å²) in [6.07, 6.45) is 2.24. The first-order valence-electron chi connectivity index (χ1n) is 9.81. The van der Waals surface area contributed by atoms with Crippen LogP contribution in [0, 0.1) is 0 Å². The van der Waals surface area contributed by atoms with Gasteiger partial charge in [0.25, 0.3) is 0 Å². The summed E-state index contributed by atoms with van der Waals surface area (Å²) in [5.74, 6) is 0. The first-order valence-corrected chi connectivity index (χ1v) is 9.81. The predicted molar refractivity (Wildman–Crippen MR) is 115 cm³/mol. The number of hydrogen-bond donors (Lipinski definition) is 2. The van der Waals surface area contributed by atoms with Crippen LogP contribution in [0.25, 0.3) is 10.9 Å². The van der Waals surface area contributed by atoms with E-state index in [0.717, 1.165) is 18.6 Å². The van der Waals surface area contributed by atoms with Crippen molar-refractivity contribution in [2.75, 3.05) is 6.54 Å². The average molecular weight is 370 g/mol. The van der Waals surface area contributed by atoms with Crippen LogP contribution in [-0.4, -0.2) is 27.6 Å². The van der Waals surface area contributed by atoms with Gasteiger partial charge in [0.2, 0.25) is 0 Å². The maximum absolute atomic E-state index is 10.9. The number of aromatic nitrogens is 1. The molecular weight excluding hydrogens is 344 g/mol. The summed E-state index contributed by atoms with van der Waals surface area (Å²) in [6, 6.07) is 29.2. The summed E-state index contributed by atoms with van der Waals surface area (Å²) < 4.78 is 0. The van der Waals surface area contributed by atoms with Gasteiger partial charge in [0.1, 0.15) is 0 Å². The van der Waals surface area contributed by atoms with Crippen molar-refractivity contribution in [2.24, 2.45) is 0 Å². The second kappa shape index (κ2) is 8.87. The molecule has 1 aromatic heterocycles. The minimum absolute atomic E-state index is 0.424. The molecule has 0 saturated carbocycles. The van der Waals surface area contributed by atoms with Crippen LogP contribution in [0.15, 0.2) is 91.1 Å². The van der Waals surface area contributed by atoms with E-state index in [1.54, 1.807) is 0 Å². The zero-order valence-electron chi connectivity index (χ0n) is 16.0. The van der Waals surface area contributed by atoms with E-state index in [1.807, 2.05) is 30.5 Å². The zero-order valence-corrected chi connectivity index (χ0v) is 16.0. The van der Waals surface area contributed by atoms with E-state index >= 15 is 0 Å². The number of fused-ring (bicyclic) bond motifs is 1. The Kier molecular flexibility index (Phi) is 5.86. The number of hydrogen-bond acceptors (Lipinski definition) is 2. The van der Waals surface area contributed by atoms with Crippen LogP contribution in [0.4, 0.5) is 0 Å². The molecule has 1 heterocycles. The minimum Gasteiger partial charge on any atom is -0.391 e. The summed E-state index contributed by atoms with van der Waals surface area (Å²) >= 11 is 0. The molecule has 4 aromatic rings. The first-order chi connectivity index (χ1) is 13.8. The van der Waals surface area contributed by atoms with Crippen LogP contribution >= 0.6 is 0 Å². The van der Waals surface area contributed by atoms with Crippen molar-refractivity contribution in [3.05, 3.63) is 108 Å². The lowest BCUT2D eigenvalue weighted by Crippen LogP contribution is -2.32. The maximum atomic E-state index is 10.9. The lowest BCUT2D eigenvalue weighted by Gasteiger charge is -2.25. The molecule has 0 bridgehead atoms. The highest BCUT2D eigenvalue weighted by atomic mass is 16.3. The van der Waals surface area contributed by atoms with Gasteiger partial charge >= 0.3 is 0 Å². The molecule has 0 unspecified atom stereocenters. The fourth-order valence-electron chi connectivity index (χ4n) is 3.79. The molecule has 4 rings (SSSR count). The average Bonchev–Trinajstić information content (AvgIpc) is 3.12. The molecule has 28 heavy (non-hydrogen) atoms. The van der Waals surface area contributed by atoms with Crippen LogP contribution < -0.4 is 0 Å². The highest BCUT2D eigenvalue weighted by molar-refractivity contribution is 5.83. The van der Waals surface area contributed by atoms with Crippen LogP contribution in [-0.2, 0) is 19.5 Å². The van der Waals surface area contributed by atoms with E-state index in [0.29, 0.717) is 13.0 Å². The molecule has 0 saturated heterocycles. The van der Waals surface area contributed by atoms with Gasteiger partial charge in [-0.2, -0.15) is 0 Å². The number of aliphatic hydroxyl groups excluding tert-OH is 1. The lowest BCUT2D eigenvalue weighted by molar-refractivity contribution is 0.105. The zero-order chi connectivity index (χ0) is 19.2. The molecule has 3 heteroatoms. The third-order valence-corrected chi connectivity index (χ3v) is 5.10. The van der Waals surface area contributed by atoms with Gasteiger partial charge in [-0.25, -0.2) is 0 Å². The molecule has 3 nitrogen and oxygen atoms in total. The van der Waals surface area contributed by atoms with Crippen LogP contribution in [0.5, 0.6) is 0 Å². The smallest absolute Gasteiger partial charge is 0.0708 e. The fourth-order valence-corrected chi connectivity index (χ4v) is 3.79. The lowest BCUT2D eigenvalue weighted by atomic mass is 10.1. The Bertz CT molecular complexity index is 953. The number of nitrogens with one attached hydrogen (secondary N) is 1. The second-order valence-corrected chi connectivity index (χ2v) is 7.36. The largest absolute Gasteiger partial charge is 0.391 e. The Hall–Kier alpha value is -2.88. The van der Waals surface area contributed by atoms with E-state index < -0.39 is 6.10 Å². The van der Waals surface area contributed by atoms with Crippen molar-refractivity contribution >= 4 is 10.9 Å². The summed E-state index contributed by atoms with van der Waals surface area (Å²) in [7, 11) is 0. The molecule has 0 radical (unpaired) electrons. The molecular formula is C25H26N2O. The Balaban J connectivity index is 1.47. The molecule has 0 aliphatic carbocycles. The molecule has 3 aromatic carbocycles. The van der Waals surface area contributed by atoms with Crippen LogP contribution in [0.2, 0.25) is 0 Å². The number of nitrogens with zero attached hydrogens (tertiary/aromatic N) is 1. The van der Waals surface area contributed by atoms with Crippen molar-refractivity contribution in [3.63, 3.8) is 0 Å². The van der Waals surface area contributed by atoms with Gasteiger partial charge in [-0.3, -0.25) is 4.90 Å². The van der Waals surface area contributed by atoms with Crippen molar-refractivity contribution in [1.82, 2.24) is 9.88 Å². The van der Waals surface area contributed by atoms with Gasteiger partial charge in [-0.1, -0.05) is 78.9 Å². The number of aromatic amines is 1. The van der Waals surface area contributed by atoms with Crippen molar-refractivity contribution in [3.8, 4) is 0 Å². The SMILES string of the molecule is O[C@H](Cc1c[nH]c2ccccc12)CN(Cc1ccccc1)Cc1ccccc1. The second-order valence-electron chi connectivity index (χ2n) is 7.36. The molecule has 1 atom stereocenters. The van der Waals surface area contributed by atoms with E-state index in [-0.39, 0.29) is 0 Å². The molecule has 0 aliphatic rings. The Labute approximate surface area is 166 Å². The highest BCUT2D eigenvalue weighted by Crippen LogP contribution is 2.20. The standard InChI is InChI=1S/C25H26N2O/c28-23(15-22-16-26-25-14-8-7-13-24(22)25)19-27(17-20-9-3-1-4-10-20)18-21-11-5-2-6-12-21/h1-14,16,23,26,28H,15,17-19H2/t23-/m1/s1. The van der Waals surface area contributed by atoms with Gasteiger partial charge in [-0.05, 0) is 22.8 Å². The van der Waals surface area contributed by atoms with Gasteiger partial charge in [0, 0.05) is 43.2 Å². The quantitative estimate of drug-likeness (QED) is 0.469. The first kappa shape index (κ1) is 18.5. The van der Waals surface area contributed by atoms with Gasteiger partial charge in [-0.15, -0.1) is 0 Å². The Morgan fingerprint density at radius 1 is 0.750 bits per heavy atom. The van der Waals surface area contributed by atoms with Gasteiger partial charge in [0.05, 0.1) is 6.10 Å².